The monoisotopic (exact) mass is 510 g/mol. The summed E-state index contributed by atoms with van der Waals surface area (Å²) in [4.78, 5) is 15.0. The molecule has 1 aliphatic heterocycles. The predicted molar refractivity (Wildman–Crippen MR) is 125 cm³/mol. The maximum Gasteiger partial charge on any atom is 0.269 e. The number of non-ortho nitro benzene ring substituents is 1. The molecule has 1 heterocycles. The molecule has 1 atom stereocenters. The third kappa shape index (κ3) is 7.28. The zero-order chi connectivity index (χ0) is 19.8. The van der Waals surface area contributed by atoms with Crippen LogP contribution in [-0.2, 0) is 17.8 Å². The second-order valence-electron chi connectivity index (χ2n) is 6.98. The molecule has 29 heavy (non-hydrogen) atoms. The lowest BCUT2D eigenvalue weighted by molar-refractivity contribution is -0.384. The predicted octanol–water partition coefficient (Wildman–Crippen LogP) is 3.79. The van der Waals surface area contributed by atoms with Gasteiger partial charge in [0.25, 0.3) is 5.69 Å². The molecular formula is C21H27IN4O3. The van der Waals surface area contributed by atoms with Crippen LogP contribution in [0.4, 0.5) is 5.69 Å². The number of guanidine groups is 1. The van der Waals surface area contributed by atoms with Crippen molar-refractivity contribution >= 4 is 35.6 Å². The Labute approximate surface area is 188 Å². The van der Waals surface area contributed by atoms with Crippen molar-refractivity contribution in [2.45, 2.75) is 26.4 Å². The molecular weight excluding hydrogens is 483 g/mol. The summed E-state index contributed by atoms with van der Waals surface area (Å²) >= 11 is 0. The van der Waals surface area contributed by atoms with Gasteiger partial charge in [-0.15, -0.1) is 24.0 Å². The fourth-order valence-corrected chi connectivity index (χ4v) is 3.04. The highest BCUT2D eigenvalue weighted by Crippen LogP contribution is 2.13. The van der Waals surface area contributed by atoms with Crippen LogP contribution in [0.2, 0.25) is 0 Å². The Kier molecular flexibility index (Phi) is 9.33. The Morgan fingerprint density at radius 3 is 2.62 bits per heavy atom. The average Bonchev–Trinajstić information content (AvgIpc) is 3.22. The lowest BCUT2D eigenvalue weighted by Crippen LogP contribution is -2.39. The molecule has 0 aromatic heterocycles. The highest BCUT2D eigenvalue weighted by Gasteiger charge is 2.15. The second kappa shape index (κ2) is 11.7. The quantitative estimate of drug-likeness (QED) is 0.195. The lowest BCUT2D eigenvalue weighted by atomic mass is 10.1. The number of hydrogen-bond acceptors (Lipinski definition) is 4. The van der Waals surface area contributed by atoms with Crippen molar-refractivity contribution in [3.63, 3.8) is 0 Å². The van der Waals surface area contributed by atoms with E-state index >= 15 is 0 Å². The number of rotatable bonds is 7. The van der Waals surface area contributed by atoms with Crippen LogP contribution in [-0.4, -0.2) is 30.6 Å². The van der Waals surface area contributed by atoms with Crippen LogP contribution >= 0.6 is 24.0 Å². The molecule has 7 nitrogen and oxygen atoms in total. The van der Waals surface area contributed by atoms with E-state index in [1.807, 2.05) is 12.1 Å². The van der Waals surface area contributed by atoms with Gasteiger partial charge in [0.05, 0.1) is 18.1 Å². The standard InChI is InChI=1S/C21H26N4O3.HI/c1-16-4-2-3-5-19(16)14-24-21(23-13-18-10-11-28-15-18)22-12-17-6-8-20(9-7-17)25(26)27;/h2-9,18H,10-15H2,1H3,(H2,22,23,24);1H. The molecule has 1 aliphatic rings. The number of halogens is 1. The van der Waals surface area contributed by atoms with E-state index in [1.54, 1.807) is 12.1 Å². The van der Waals surface area contributed by atoms with Gasteiger partial charge in [-0.3, -0.25) is 10.1 Å². The molecule has 1 saturated heterocycles. The van der Waals surface area contributed by atoms with Gasteiger partial charge in [0.15, 0.2) is 5.96 Å². The fraction of sp³-hybridized carbons (Fsp3) is 0.381. The number of nitro groups is 1. The minimum Gasteiger partial charge on any atom is -0.381 e. The molecule has 0 bridgehead atoms. The zero-order valence-electron chi connectivity index (χ0n) is 16.5. The molecule has 3 rings (SSSR count). The van der Waals surface area contributed by atoms with Crippen LogP contribution in [0.3, 0.4) is 0 Å². The van der Waals surface area contributed by atoms with E-state index in [4.69, 9.17) is 4.74 Å². The van der Waals surface area contributed by atoms with Gasteiger partial charge < -0.3 is 15.4 Å². The van der Waals surface area contributed by atoms with Crippen molar-refractivity contribution in [3.8, 4) is 0 Å². The van der Waals surface area contributed by atoms with Gasteiger partial charge >= 0.3 is 0 Å². The van der Waals surface area contributed by atoms with Crippen molar-refractivity contribution in [1.29, 1.82) is 0 Å². The highest BCUT2D eigenvalue weighted by molar-refractivity contribution is 14.0. The van der Waals surface area contributed by atoms with Gasteiger partial charge in [0.1, 0.15) is 0 Å². The summed E-state index contributed by atoms with van der Waals surface area (Å²) < 4.78 is 5.44. The maximum absolute atomic E-state index is 10.8. The van der Waals surface area contributed by atoms with Crippen molar-refractivity contribution in [2.24, 2.45) is 10.9 Å². The molecule has 0 amide bonds. The Morgan fingerprint density at radius 1 is 1.21 bits per heavy atom. The summed E-state index contributed by atoms with van der Waals surface area (Å²) in [7, 11) is 0. The third-order valence-corrected chi connectivity index (χ3v) is 4.86. The van der Waals surface area contributed by atoms with E-state index in [0.717, 1.165) is 37.7 Å². The number of hydrogen-bond donors (Lipinski definition) is 2. The molecule has 2 aromatic rings. The van der Waals surface area contributed by atoms with Crippen molar-refractivity contribution in [1.82, 2.24) is 10.6 Å². The zero-order valence-corrected chi connectivity index (χ0v) is 18.8. The SMILES string of the molecule is Cc1ccccc1CNC(=NCc1ccc([N+](=O)[O-])cc1)NCC1CCOC1.I. The summed E-state index contributed by atoms with van der Waals surface area (Å²) in [6.07, 6.45) is 1.06. The minimum absolute atomic E-state index is 0. The molecule has 0 saturated carbocycles. The smallest absolute Gasteiger partial charge is 0.269 e. The highest BCUT2D eigenvalue weighted by atomic mass is 127. The minimum atomic E-state index is -0.395. The fourth-order valence-electron chi connectivity index (χ4n) is 3.04. The third-order valence-electron chi connectivity index (χ3n) is 4.86. The first-order chi connectivity index (χ1) is 13.6. The first-order valence-electron chi connectivity index (χ1n) is 9.49. The average molecular weight is 510 g/mol. The molecule has 1 unspecified atom stereocenters. The number of nitro benzene ring substituents is 1. The number of nitrogens with one attached hydrogen (secondary N) is 2. The molecule has 0 aliphatic carbocycles. The van der Waals surface area contributed by atoms with Gasteiger partial charge in [-0.05, 0) is 30.0 Å². The normalized spacial score (nSPS) is 16.2. The van der Waals surface area contributed by atoms with E-state index in [-0.39, 0.29) is 29.7 Å². The van der Waals surface area contributed by atoms with E-state index in [9.17, 15) is 10.1 Å². The Morgan fingerprint density at radius 2 is 1.97 bits per heavy atom. The number of benzene rings is 2. The Hall–Kier alpha value is -2.20. The number of nitrogens with zero attached hydrogens (tertiary/aromatic N) is 2. The van der Waals surface area contributed by atoms with Crippen LogP contribution in [0.25, 0.3) is 0 Å². The summed E-state index contributed by atoms with van der Waals surface area (Å²) in [6.45, 7) is 5.62. The number of ether oxygens (including phenoxy) is 1. The Bertz CT molecular complexity index is 821. The van der Waals surface area contributed by atoms with Crippen LogP contribution in [0.15, 0.2) is 53.5 Å². The maximum atomic E-state index is 10.8. The second-order valence-corrected chi connectivity index (χ2v) is 6.98. The summed E-state index contributed by atoms with van der Waals surface area (Å²) in [5, 5.41) is 17.6. The van der Waals surface area contributed by atoms with Gasteiger partial charge in [0, 0.05) is 37.7 Å². The van der Waals surface area contributed by atoms with Crippen molar-refractivity contribution < 1.29 is 9.66 Å². The van der Waals surface area contributed by atoms with Gasteiger partial charge in [0.2, 0.25) is 0 Å². The largest absolute Gasteiger partial charge is 0.381 e. The van der Waals surface area contributed by atoms with Crippen LogP contribution < -0.4 is 10.6 Å². The van der Waals surface area contributed by atoms with Crippen LogP contribution in [0, 0.1) is 23.0 Å². The van der Waals surface area contributed by atoms with E-state index in [0.29, 0.717) is 19.0 Å². The molecule has 8 heteroatoms. The molecule has 0 radical (unpaired) electrons. The van der Waals surface area contributed by atoms with Crippen molar-refractivity contribution in [2.75, 3.05) is 19.8 Å². The van der Waals surface area contributed by atoms with E-state index in [2.05, 4.69) is 34.7 Å². The first kappa shape index (κ1) is 23.1. The van der Waals surface area contributed by atoms with E-state index in [1.165, 1.54) is 23.3 Å². The van der Waals surface area contributed by atoms with Crippen LogP contribution in [0.5, 0.6) is 0 Å². The van der Waals surface area contributed by atoms with Gasteiger partial charge in [-0.2, -0.15) is 0 Å². The number of aryl methyl sites for hydroxylation is 1. The van der Waals surface area contributed by atoms with Gasteiger partial charge in [-0.25, -0.2) is 4.99 Å². The molecule has 1 fully saturated rings. The number of aliphatic imine (C=N–C) groups is 1. The summed E-state index contributed by atoms with van der Waals surface area (Å²) in [6, 6.07) is 14.7. The molecule has 2 N–H and O–H groups in total. The first-order valence-corrected chi connectivity index (χ1v) is 9.49. The van der Waals surface area contributed by atoms with Gasteiger partial charge in [-0.1, -0.05) is 36.4 Å². The Balaban J connectivity index is 0.00000300. The van der Waals surface area contributed by atoms with Crippen LogP contribution in [0.1, 0.15) is 23.1 Å². The molecule has 156 valence electrons. The van der Waals surface area contributed by atoms with E-state index < -0.39 is 4.92 Å². The molecule has 0 spiro atoms. The van der Waals surface area contributed by atoms with Crippen molar-refractivity contribution in [3.05, 3.63) is 75.3 Å². The topological polar surface area (TPSA) is 88.8 Å². The lowest BCUT2D eigenvalue weighted by Gasteiger charge is -2.16. The summed E-state index contributed by atoms with van der Waals surface area (Å²) in [5.41, 5.74) is 3.46. The summed E-state index contributed by atoms with van der Waals surface area (Å²) in [5.74, 6) is 1.22. The molecule has 2 aromatic carbocycles.